The van der Waals surface area contributed by atoms with Crippen LogP contribution in [0.15, 0.2) is 16.5 Å². The highest BCUT2D eigenvalue weighted by Crippen LogP contribution is 2.20. The fourth-order valence-electron chi connectivity index (χ4n) is 1.78. The van der Waals surface area contributed by atoms with E-state index in [9.17, 15) is 8.42 Å². The first-order valence-electron chi connectivity index (χ1n) is 6.60. The lowest BCUT2D eigenvalue weighted by Gasteiger charge is -2.01. The van der Waals surface area contributed by atoms with Crippen LogP contribution in [0.25, 0.3) is 0 Å². The highest BCUT2D eigenvalue weighted by Gasteiger charge is 2.21. The summed E-state index contributed by atoms with van der Waals surface area (Å²) in [7, 11) is -3.02. The molecule has 5 heteroatoms. The Bertz CT molecular complexity index is 474. The van der Waals surface area contributed by atoms with Gasteiger partial charge >= 0.3 is 0 Å². The van der Waals surface area contributed by atoms with Crippen molar-refractivity contribution in [2.24, 2.45) is 0 Å². The molecule has 1 saturated carbocycles. The summed E-state index contributed by atoms with van der Waals surface area (Å²) in [5, 5.41) is 3.34. The fraction of sp³-hybridized carbons (Fsp3) is 0.692. The first-order chi connectivity index (χ1) is 8.59. The van der Waals surface area contributed by atoms with E-state index in [1.165, 1.54) is 12.8 Å². The van der Waals surface area contributed by atoms with Gasteiger partial charge in [-0.1, -0.05) is 13.3 Å². The zero-order valence-corrected chi connectivity index (χ0v) is 11.6. The Morgan fingerprint density at radius 3 is 2.72 bits per heavy atom. The van der Waals surface area contributed by atoms with Gasteiger partial charge in [-0.25, -0.2) is 8.42 Å². The molecule has 0 amide bonds. The molecule has 0 radical (unpaired) electrons. The summed E-state index contributed by atoms with van der Waals surface area (Å²) in [4.78, 5) is 0. The minimum Gasteiger partial charge on any atom is -0.464 e. The monoisotopic (exact) mass is 271 g/mol. The Morgan fingerprint density at radius 2 is 2.06 bits per heavy atom. The van der Waals surface area contributed by atoms with E-state index >= 15 is 0 Å². The van der Waals surface area contributed by atoms with Crippen molar-refractivity contribution in [3.8, 4) is 0 Å². The van der Waals surface area contributed by atoms with Crippen LogP contribution < -0.4 is 5.32 Å². The van der Waals surface area contributed by atoms with Crippen molar-refractivity contribution >= 4 is 9.84 Å². The van der Waals surface area contributed by atoms with E-state index in [0.29, 0.717) is 18.3 Å². The van der Waals surface area contributed by atoms with Crippen LogP contribution in [0, 0.1) is 0 Å². The third kappa shape index (κ3) is 4.46. The Kier molecular flexibility index (Phi) is 4.45. The smallest absolute Gasteiger partial charge is 0.157 e. The molecule has 1 aromatic heterocycles. The maximum absolute atomic E-state index is 11.8. The van der Waals surface area contributed by atoms with Gasteiger partial charge in [-0.15, -0.1) is 0 Å². The average Bonchev–Trinajstić information content (AvgIpc) is 3.05. The highest BCUT2D eigenvalue weighted by atomic mass is 32.2. The number of sulfone groups is 1. The molecule has 0 aliphatic heterocycles. The van der Waals surface area contributed by atoms with Gasteiger partial charge in [-0.2, -0.15) is 0 Å². The Hall–Kier alpha value is -0.810. The topological polar surface area (TPSA) is 59.3 Å². The quantitative estimate of drug-likeness (QED) is 0.788. The van der Waals surface area contributed by atoms with E-state index in [0.717, 1.165) is 18.6 Å². The third-order valence-corrected chi connectivity index (χ3v) is 4.67. The summed E-state index contributed by atoms with van der Waals surface area (Å²) >= 11 is 0. The molecule has 0 atom stereocenters. The Morgan fingerprint density at radius 1 is 1.33 bits per heavy atom. The van der Waals surface area contributed by atoms with Gasteiger partial charge in [0.1, 0.15) is 17.3 Å². The van der Waals surface area contributed by atoms with Crippen molar-refractivity contribution in [2.45, 2.75) is 50.9 Å². The second-order valence-electron chi connectivity index (χ2n) is 4.97. The molecular formula is C13H21NO3S. The van der Waals surface area contributed by atoms with E-state index < -0.39 is 9.84 Å². The molecule has 1 aliphatic rings. The van der Waals surface area contributed by atoms with Crippen LogP contribution in [-0.2, 0) is 22.1 Å². The van der Waals surface area contributed by atoms with E-state index in [1.54, 1.807) is 6.07 Å². The lowest BCUT2D eigenvalue weighted by molar-refractivity contribution is 0.455. The van der Waals surface area contributed by atoms with E-state index in [4.69, 9.17) is 4.42 Å². The molecule has 102 valence electrons. The van der Waals surface area contributed by atoms with Crippen LogP contribution in [0.4, 0.5) is 0 Å². The van der Waals surface area contributed by atoms with Gasteiger partial charge in [0, 0.05) is 6.04 Å². The third-order valence-electron chi connectivity index (χ3n) is 3.03. The maximum Gasteiger partial charge on any atom is 0.157 e. The summed E-state index contributed by atoms with van der Waals surface area (Å²) in [5.41, 5.74) is 0. The minimum absolute atomic E-state index is 0.0242. The van der Waals surface area contributed by atoms with Crippen molar-refractivity contribution in [1.82, 2.24) is 5.32 Å². The second-order valence-corrected chi connectivity index (χ2v) is 7.15. The first-order valence-corrected chi connectivity index (χ1v) is 8.42. The van der Waals surface area contributed by atoms with Gasteiger partial charge in [0.05, 0.1) is 12.3 Å². The molecule has 0 unspecified atom stereocenters. The molecule has 0 bridgehead atoms. The summed E-state index contributed by atoms with van der Waals surface area (Å²) in [6.45, 7) is 2.68. The molecular weight excluding hydrogens is 250 g/mol. The predicted molar refractivity (Wildman–Crippen MR) is 71.0 cm³/mol. The number of furan rings is 1. The van der Waals surface area contributed by atoms with Crippen LogP contribution in [0.1, 0.15) is 44.1 Å². The molecule has 0 spiro atoms. The van der Waals surface area contributed by atoms with Crippen LogP contribution in [0.5, 0.6) is 0 Å². The largest absolute Gasteiger partial charge is 0.464 e. The lowest BCUT2D eigenvalue weighted by Crippen LogP contribution is -2.14. The van der Waals surface area contributed by atoms with Gasteiger partial charge in [0.15, 0.2) is 9.84 Å². The number of rotatable bonds is 8. The predicted octanol–water partition coefficient (Wildman–Crippen LogP) is 2.25. The van der Waals surface area contributed by atoms with Gasteiger partial charge < -0.3 is 9.73 Å². The van der Waals surface area contributed by atoms with Crippen LogP contribution in [0.2, 0.25) is 0 Å². The Balaban J connectivity index is 1.84. The summed E-state index contributed by atoms with van der Waals surface area (Å²) in [6, 6.07) is 4.26. The van der Waals surface area contributed by atoms with Crippen molar-refractivity contribution in [2.75, 3.05) is 5.75 Å². The molecule has 1 aromatic rings. The second kappa shape index (κ2) is 5.89. The minimum atomic E-state index is -3.02. The molecule has 4 nitrogen and oxygen atoms in total. The SMILES string of the molecule is CCCCS(=O)(=O)Cc1ccc(CNC2CC2)o1. The van der Waals surface area contributed by atoms with Crippen molar-refractivity contribution in [3.05, 3.63) is 23.7 Å². The Labute approximate surface area is 109 Å². The number of hydrogen-bond donors (Lipinski definition) is 1. The van der Waals surface area contributed by atoms with E-state index in [2.05, 4.69) is 5.32 Å². The number of hydrogen-bond acceptors (Lipinski definition) is 4. The standard InChI is InChI=1S/C13H21NO3S/c1-2-3-8-18(15,16)10-13-7-6-12(17-13)9-14-11-4-5-11/h6-7,11,14H,2-5,8-10H2,1H3. The number of unbranched alkanes of at least 4 members (excludes halogenated alkanes) is 1. The molecule has 1 N–H and O–H groups in total. The highest BCUT2D eigenvalue weighted by molar-refractivity contribution is 7.90. The molecule has 1 aliphatic carbocycles. The van der Waals surface area contributed by atoms with E-state index in [1.807, 2.05) is 13.0 Å². The summed E-state index contributed by atoms with van der Waals surface area (Å²) < 4.78 is 29.1. The van der Waals surface area contributed by atoms with E-state index in [-0.39, 0.29) is 11.5 Å². The maximum atomic E-state index is 11.8. The zero-order valence-electron chi connectivity index (χ0n) is 10.8. The van der Waals surface area contributed by atoms with Gasteiger partial charge in [-0.3, -0.25) is 0 Å². The van der Waals surface area contributed by atoms with Crippen LogP contribution in [0.3, 0.4) is 0 Å². The molecule has 1 heterocycles. The van der Waals surface area contributed by atoms with Crippen LogP contribution >= 0.6 is 0 Å². The molecule has 2 rings (SSSR count). The molecule has 0 saturated heterocycles. The van der Waals surface area contributed by atoms with Crippen molar-refractivity contribution in [3.63, 3.8) is 0 Å². The van der Waals surface area contributed by atoms with Gasteiger partial charge in [-0.05, 0) is 31.4 Å². The van der Waals surface area contributed by atoms with Crippen molar-refractivity contribution < 1.29 is 12.8 Å². The van der Waals surface area contributed by atoms with Crippen LogP contribution in [-0.4, -0.2) is 20.2 Å². The summed E-state index contributed by atoms with van der Waals surface area (Å²) in [6.07, 6.45) is 4.09. The van der Waals surface area contributed by atoms with Gasteiger partial charge in [0.2, 0.25) is 0 Å². The lowest BCUT2D eigenvalue weighted by atomic mass is 10.4. The molecule has 18 heavy (non-hydrogen) atoms. The normalized spacial score (nSPS) is 16.1. The molecule has 1 fully saturated rings. The fourth-order valence-corrected chi connectivity index (χ4v) is 3.24. The molecule has 0 aromatic carbocycles. The van der Waals surface area contributed by atoms with Gasteiger partial charge in [0.25, 0.3) is 0 Å². The summed E-state index contributed by atoms with van der Waals surface area (Å²) in [5.74, 6) is 1.65. The zero-order chi connectivity index (χ0) is 13.0. The van der Waals surface area contributed by atoms with Crippen molar-refractivity contribution in [1.29, 1.82) is 0 Å². The average molecular weight is 271 g/mol. The first kappa shape index (κ1) is 13.6. The number of nitrogens with one attached hydrogen (secondary N) is 1.